The Morgan fingerprint density at radius 3 is 2.36 bits per heavy atom. The molecular formula is C18H22N2O4S. The van der Waals surface area contributed by atoms with E-state index in [-0.39, 0.29) is 5.91 Å². The molecule has 6 nitrogen and oxygen atoms in total. The topological polar surface area (TPSA) is 109 Å². The highest BCUT2D eigenvalue weighted by Crippen LogP contribution is 2.40. The fourth-order valence-corrected chi connectivity index (χ4v) is 5.08. The third kappa shape index (κ3) is 3.20. The van der Waals surface area contributed by atoms with E-state index in [4.69, 9.17) is 5.73 Å². The highest BCUT2D eigenvalue weighted by molar-refractivity contribution is 7.17. The first-order valence-corrected chi connectivity index (χ1v) is 9.24. The average Bonchev–Trinajstić information content (AvgIpc) is 3.09. The Labute approximate surface area is 150 Å². The first-order valence-electron chi connectivity index (χ1n) is 8.42. The average molecular weight is 362 g/mol. The molecule has 0 aromatic carbocycles. The van der Waals surface area contributed by atoms with E-state index in [1.54, 1.807) is 0 Å². The molecule has 2 aliphatic rings. The van der Waals surface area contributed by atoms with Crippen molar-refractivity contribution in [2.24, 2.45) is 17.6 Å². The van der Waals surface area contributed by atoms with Crippen molar-refractivity contribution in [2.75, 3.05) is 5.32 Å². The van der Waals surface area contributed by atoms with Gasteiger partial charge in [-0.3, -0.25) is 14.4 Å². The van der Waals surface area contributed by atoms with E-state index < -0.39 is 23.7 Å². The van der Waals surface area contributed by atoms with E-state index in [1.165, 1.54) is 11.3 Å². The number of hydrogen-bond acceptors (Lipinski definition) is 4. The number of nitrogens with two attached hydrogens (primary N) is 1. The second kappa shape index (κ2) is 6.63. The first-order chi connectivity index (χ1) is 11.8. The van der Waals surface area contributed by atoms with E-state index in [2.05, 4.69) is 5.32 Å². The van der Waals surface area contributed by atoms with Crippen molar-refractivity contribution < 1.29 is 19.5 Å². The quantitative estimate of drug-likeness (QED) is 0.715. The molecule has 0 fully saturated rings. The van der Waals surface area contributed by atoms with Crippen LogP contribution in [-0.4, -0.2) is 22.9 Å². The number of hydrogen-bond donors (Lipinski definition) is 3. The summed E-state index contributed by atoms with van der Waals surface area (Å²) in [5, 5.41) is 12.8. The number of aryl methyl sites for hydroxylation is 1. The van der Waals surface area contributed by atoms with Crippen LogP contribution in [0.5, 0.6) is 0 Å². The molecule has 0 saturated heterocycles. The SMILES string of the molecule is CC1=C(C)C[C@@H](C(=O)O)[C@@H](C(=O)Nc2sc3c(c2C(N)=O)CCC3)C1. The Morgan fingerprint density at radius 2 is 1.76 bits per heavy atom. The number of allylic oxidation sites excluding steroid dienone is 2. The van der Waals surface area contributed by atoms with Crippen LogP contribution in [0.3, 0.4) is 0 Å². The van der Waals surface area contributed by atoms with Gasteiger partial charge in [-0.05, 0) is 51.5 Å². The van der Waals surface area contributed by atoms with Gasteiger partial charge < -0.3 is 16.2 Å². The van der Waals surface area contributed by atoms with Gasteiger partial charge in [-0.15, -0.1) is 11.3 Å². The molecule has 1 aromatic heterocycles. The van der Waals surface area contributed by atoms with Crippen LogP contribution >= 0.6 is 11.3 Å². The van der Waals surface area contributed by atoms with Gasteiger partial charge in [0.15, 0.2) is 0 Å². The lowest BCUT2D eigenvalue weighted by atomic mass is 9.76. The molecule has 7 heteroatoms. The number of primary amides is 1. The number of fused-ring (bicyclic) bond motifs is 1. The largest absolute Gasteiger partial charge is 0.481 e. The fourth-order valence-electron chi connectivity index (χ4n) is 3.79. The van der Waals surface area contributed by atoms with Crippen LogP contribution < -0.4 is 11.1 Å². The number of carboxylic acid groups (broad SMARTS) is 1. The molecule has 0 unspecified atom stereocenters. The van der Waals surface area contributed by atoms with E-state index in [0.717, 1.165) is 40.8 Å². The van der Waals surface area contributed by atoms with Crippen molar-refractivity contribution in [3.05, 3.63) is 27.2 Å². The molecule has 0 spiro atoms. The maximum absolute atomic E-state index is 12.8. The maximum atomic E-state index is 12.8. The molecule has 3 rings (SSSR count). The van der Waals surface area contributed by atoms with E-state index in [0.29, 0.717) is 23.4 Å². The van der Waals surface area contributed by atoms with Crippen molar-refractivity contribution in [3.63, 3.8) is 0 Å². The van der Waals surface area contributed by atoms with Gasteiger partial charge in [0.2, 0.25) is 5.91 Å². The molecule has 0 saturated carbocycles. The van der Waals surface area contributed by atoms with Gasteiger partial charge in [-0.2, -0.15) is 0 Å². The van der Waals surface area contributed by atoms with Crippen molar-refractivity contribution in [1.29, 1.82) is 0 Å². The van der Waals surface area contributed by atoms with Gasteiger partial charge in [-0.1, -0.05) is 11.1 Å². The van der Waals surface area contributed by atoms with Crippen LogP contribution in [0.1, 0.15) is 53.9 Å². The van der Waals surface area contributed by atoms with E-state index in [9.17, 15) is 19.5 Å². The van der Waals surface area contributed by atoms with Crippen molar-refractivity contribution in [2.45, 2.75) is 46.0 Å². The lowest BCUT2D eigenvalue weighted by Gasteiger charge is -2.29. The summed E-state index contributed by atoms with van der Waals surface area (Å²) in [5.74, 6) is -3.23. The summed E-state index contributed by atoms with van der Waals surface area (Å²) < 4.78 is 0. The summed E-state index contributed by atoms with van der Waals surface area (Å²) in [5.41, 5.74) is 8.95. The van der Waals surface area contributed by atoms with Crippen LogP contribution in [0.4, 0.5) is 5.00 Å². The zero-order chi connectivity index (χ0) is 18.3. The van der Waals surface area contributed by atoms with Gasteiger partial charge in [0.05, 0.1) is 17.4 Å². The Morgan fingerprint density at radius 1 is 1.12 bits per heavy atom. The van der Waals surface area contributed by atoms with Gasteiger partial charge in [0.1, 0.15) is 5.00 Å². The Kier molecular flexibility index (Phi) is 4.69. The Balaban J connectivity index is 1.87. The van der Waals surface area contributed by atoms with Crippen LogP contribution in [0.15, 0.2) is 11.1 Å². The summed E-state index contributed by atoms with van der Waals surface area (Å²) in [6, 6.07) is 0. The molecule has 25 heavy (non-hydrogen) atoms. The molecule has 134 valence electrons. The smallest absolute Gasteiger partial charge is 0.307 e. The van der Waals surface area contributed by atoms with Gasteiger partial charge in [0, 0.05) is 4.88 Å². The number of nitrogens with one attached hydrogen (secondary N) is 1. The van der Waals surface area contributed by atoms with Crippen LogP contribution in [-0.2, 0) is 22.4 Å². The van der Waals surface area contributed by atoms with Crippen LogP contribution in [0.2, 0.25) is 0 Å². The lowest BCUT2D eigenvalue weighted by molar-refractivity contribution is -0.146. The summed E-state index contributed by atoms with van der Waals surface area (Å²) in [6.45, 7) is 3.84. The molecule has 2 atom stereocenters. The zero-order valence-corrected chi connectivity index (χ0v) is 15.2. The van der Waals surface area contributed by atoms with Gasteiger partial charge in [0.25, 0.3) is 5.91 Å². The number of anilines is 1. The molecule has 0 radical (unpaired) electrons. The highest BCUT2D eigenvalue weighted by Gasteiger charge is 2.38. The fraction of sp³-hybridized carbons (Fsp3) is 0.500. The van der Waals surface area contributed by atoms with E-state index >= 15 is 0 Å². The summed E-state index contributed by atoms with van der Waals surface area (Å²) in [6.07, 6.45) is 3.47. The Hall–Kier alpha value is -2.15. The summed E-state index contributed by atoms with van der Waals surface area (Å²) in [4.78, 5) is 37.3. The minimum absolute atomic E-state index is 0.346. The predicted octanol–water partition coefficient (Wildman–Crippen LogP) is 2.72. The minimum atomic E-state index is -0.962. The normalized spacial score (nSPS) is 22.6. The predicted molar refractivity (Wildman–Crippen MR) is 95.7 cm³/mol. The first kappa shape index (κ1) is 17.7. The highest BCUT2D eigenvalue weighted by atomic mass is 32.1. The number of thiophene rings is 1. The summed E-state index contributed by atoms with van der Waals surface area (Å²) in [7, 11) is 0. The molecule has 1 heterocycles. The third-order valence-electron chi connectivity index (χ3n) is 5.32. The number of carbonyl (C=O) groups excluding carboxylic acids is 2. The van der Waals surface area contributed by atoms with Crippen LogP contribution in [0.25, 0.3) is 0 Å². The van der Waals surface area contributed by atoms with Crippen molar-refractivity contribution in [3.8, 4) is 0 Å². The second-order valence-electron chi connectivity index (χ2n) is 6.94. The standard InChI is InChI=1S/C18H22N2O4S/c1-8-6-11(12(18(23)24)7-9(8)2)16(22)20-17-14(15(19)21)10-4-3-5-13(10)25-17/h11-12H,3-7H2,1-2H3,(H2,19,21)(H,20,22)(H,23,24)/t11-,12+/m0/s1. The van der Waals surface area contributed by atoms with Gasteiger partial charge in [-0.25, -0.2) is 0 Å². The molecule has 2 amide bonds. The van der Waals surface area contributed by atoms with Crippen molar-refractivity contribution in [1.82, 2.24) is 0 Å². The lowest BCUT2D eigenvalue weighted by Crippen LogP contribution is -2.36. The summed E-state index contributed by atoms with van der Waals surface area (Å²) >= 11 is 1.39. The molecule has 4 N–H and O–H groups in total. The number of rotatable bonds is 4. The number of amides is 2. The molecular weight excluding hydrogens is 340 g/mol. The molecule has 0 aliphatic heterocycles. The number of carbonyl (C=O) groups is 3. The minimum Gasteiger partial charge on any atom is -0.481 e. The second-order valence-corrected chi connectivity index (χ2v) is 8.04. The van der Waals surface area contributed by atoms with E-state index in [1.807, 2.05) is 13.8 Å². The number of carboxylic acids is 1. The molecule has 1 aromatic rings. The Bertz CT molecular complexity index is 793. The van der Waals surface area contributed by atoms with Gasteiger partial charge >= 0.3 is 5.97 Å². The zero-order valence-electron chi connectivity index (χ0n) is 14.3. The number of aliphatic carboxylic acids is 1. The van der Waals surface area contributed by atoms with Crippen molar-refractivity contribution >= 4 is 34.1 Å². The third-order valence-corrected chi connectivity index (χ3v) is 6.53. The molecule has 2 aliphatic carbocycles. The van der Waals surface area contributed by atoms with Crippen LogP contribution in [0, 0.1) is 11.8 Å². The maximum Gasteiger partial charge on any atom is 0.307 e. The molecule has 0 bridgehead atoms. The monoisotopic (exact) mass is 362 g/mol.